The van der Waals surface area contributed by atoms with Crippen LogP contribution in [-0.2, 0) is 4.74 Å². The molecule has 0 amide bonds. The molecule has 0 heterocycles. The van der Waals surface area contributed by atoms with Gasteiger partial charge >= 0.3 is 0 Å². The first-order valence-corrected chi connectivity index (χ1v) is 4.01. The SMILES string of the molecule is COC(C)C(C)(C)[SiH3]. The maximum atomic E-state index is 5.15. The molecular formula is C6H16OSi. The van der Waals surface area contributed by atoms with Crippen LogP contribution in [0, 0.1) is 0 Å². The summed E-state index contributed by atoms with van der Waals surface area (Å²) in [6.07, 6.45) is 0.411. The van der Waals surface area contributed by atoms with Crippen LogP contribution in [0.2, 0.25) is 5.04 Å². The molecule has 0 aromatic rings. The molecule has 0 radical (unpaired) electrons. The van der Waals surface area contributed by atoms with Gasteiger partial charge in [0, 0.05) is 17.4 Å². The van der Waals surface area contributed by atoms with Crippen molar-refractivity contribution in [2.24, 2.45) is 0 Å². The number of hydrogen-bond acceptors (Lipinski definition) is 1. The Balaban J connectivity index is 3.62. The van der Waals surface area contributed by atoms with Crippen molar-refractivity contribution in [3.63, 3.8) is 0 Å². The molecule has 0 aliphatic heterocycles. The van der Waals surface area contributed by atoms with Crippen molar-refractivity contribution in [1.29, 1.82) is 0 Å². The number of rotatable bonds is 2. The average molecular weight is 132 g/mol. The summed E-state index contributed by atoms with van der Waals surface area (Å²) >= 11 is 0. The highest BCUT2D eigenvalue weighted by Gasteiger charge is 2.18. The Hall–Kier alpha value is 0.177. The van der Waals surface area contributed by atoms with Gasteiger partial charge in [-0.2, -0.15) is 0 Å². The third-order valence-corrected chi connectivity index (χ3v) is 2.39. The van der Waals surface area contributed by atoms with Gasteiger partial charge in [-0.05, 0) is 12.0 Å². The maximum absolute atomic E-state index is 5.15. The lowest BCUT2D eigenvalue weighted by Gasteiger charge is -2.25. The highest BCUT2D eigenvalue weighted by atomic mass is 28.1. The van der Waals surface area contributed by atoms with E-state index in [1.807, 2.05) is 0 Å². The van der Waals surface area contributed by atoms with Crippen LogP contribution in [-0.4, -0.2) is 23.5 Å². The van der Waals surface area contributed by atoms with E-state index in [4.69, 9.17) is 4.74 Å². The summed E-state index contributed by atoms with van der Waals surface area (Å²) in [6, 6.07) is 0. The Morgan fingerprint density at radius 1 is 1.50 bits per heavy atom. The van der Waals surface area contributed by atoms with Crippen molar-refractivity contribution in [3.8, 4) is 0 Å². The van der Waals surface area contributed by atoms with Gasteiger partial charge in [-0.25, -0.2) is 0 Å². The van der Waals surface area contributed by atoms with E-state index in [9.17, 15) is 0 Å². The third kappa shape index (κ3) is 2.48. The molecule has 2 heteroatoms. The predicted molar refractivity (Wildman–Crippen MR) is 40.5 cm³/mol. The Bertz CT molecular complexity index is 65.4. The van der Waals surface area contributed by atoms with Crippen molar-refractivity contribution in [2.75, 3.05) is 7.11 Å². The molecule has 1 unspecified atom stereocenters. The Kier molecular flexibility index (Phi) is 2.70. The highest BCUT2D eigenvalue weighted by molar-refractivity contribution is 6.15. The first-order valence-electron chi connectivity index (χ1n) is 3.01. The van der Waals surface area contributed by atoms with Crippen LogP contribution >= 0.6 is 0 Å². The lowest BCUT2D eigenvalue weighted by Crippen LogP contribution is -2.21. The molecular weight excluding hydrogens is 116 g/mol. The zero-order valence-corrected chi connectivity index (χ0v) is 8.49. The highest BCUT2D eigenvalue weighted by Crippen LogP contribution is 2.25. The molecule has 0 aromatic carbocycles. The van der Waals surface area contributed by atoms with E-state index in [2.05, 4.69) is 20.8 Å². The molecule has 1 atom stereocenters. The molecule has 0 aliphatic rings. The fourth-order valence-corrected chi connectivity index (χ4v) is 0.589. The van der Waals surface area contributed by atoms with E-state index in [1.54, 1.807) is 7.11 Å². The largest absolute Gasteiger partial charge is 0.382 e. The molecule has 0 aliphatic carbocycles. The summed E-state index contributed by atoms with van der Waals surface area (Å²) in [7, 11) is 2.96. The quantitative estimate of drug-likeness (QED) is 0.500. The van der Waals surface area contributed by atoms with Gasteiger partial charge in [0.25, 0.3) is 0 Å². The Morgan fingerprint density at radius 2 is 1.88 bits per heavy atom. The van der Waals surface area contributed by atoms with Crippen LogP contribution in [0.1, 0.15) is 20.8 Å². The monoisotopic (exact) mass is 132 g/mol. The van der Waals surface area contributed by atoms with Crippen LogP contribution < -0.4 is 0 Å². The molecule has 0 saturated heterocycles. The van der Waals surface area contributed by atoms with Crippen molar-refractivity contribution >= 4 is 10.2 Å². The minimum atomic E-state index is 0.411. The molecule has 0 N–H and O–H groups in total. The minimum absolute atomic E-state index is 0.411. The van der Waals surface area contributed by atoms with Crippen LogP contribution in [0.4, 0.5) is 0 Å². The van der Waals surface area contributed by atoms with Crippen LogP contribution in [0.25, 0.3) is 0 Å². The molecule has 50 valence electrons. The van der Waals surface area contributed by atoms with Gasteiger partial charge in [0.15, 0.2) is 0 Å². The van der Waals surface area contributed by atoms with Gasteiger partial charge in [0.05, 0.1) is 6.10 Å². The fraction of sp³-hybridized carbons (Fsp3) is 1.00. The summed E-state index contributed by atoms with van der Waals surface area (Å²) in [5.74, 6) is 0. The second-order valence-electron chi connectivity index (χ2n) is 3.24. The molecule has 0 saturated carbocycles. The first-order chi connectivity index (χ1) is 3.48. The van der Waals surface area contributed by atoms with E-state index in [1.165, 1.54) is 10.2 Å². The minimum Gasteiger partial charge on any atom is -0.382 e. The van der Waals surface area contributed by atoms with Crippen molar-refractivity contribution in [2.45, 2.75) is 31.9 Å². The normalized spacial score (nSPS) is 16.5. The topological polar surface area (TPSA) is 9.23 Å². The molecule has 8 heavy (non-hydrogen) atoms. The van der Waals surface area contributed by atoms with Crippen LogP contribution in [0.5, 0.6) is 0 Å². The third-order valence-electron chi connectivity index (χ3n) is 1.57. The first kappa shape index (κ1) is 8.18. The second kappa shape index (κ2) is 2.64. The average Bonchev–Trinajstić information content (AvgIpc) is 1.62. The van der Waals surface area contributed by atoms with Gasteiger partial charge in [-0.15, -0.1) is 0 Å². The van der Waals surface area contributed by atoms with Crippen molar-refractivity contribution < 1.29 is 4.74 Å². The molecule has 0 fully saturated rings. The summed E-state index contributed by atoms with van der Waals surface area (Å²) < 4.78 is 5.15. The van der Waals surface area contributed by atoms with Crippen LogP contribution in [0.15, 0.2) is 0 Å². The number of methoxy groups -OCH3 is 1. The van der Waals surface area contributed by atoms with Gasteiger partial charge in [-0.3, -0.25) is 0 Å². The molecule has 0 spiro atoms. The predicted octanol–water partition coefficient (Wildman–Crippen LogP) is 0.585. The van der Waals surface area contributed by atoms with E-state index in [0.29, 0.717) is 11.1 Å². The van der Waals surface area contributed by atoms with Gasteiger partial charge in [0.1, 0.15) is 0 Å². The summed E-state index contributed by atoms with van der Waals surface area (Å²) in [5.41, 5.74) is 0. The molecule has 0 aromatic heterocycles. The zero-order chi connectivity index (χ0) is 6.78. The molecule has 0 bridgehead atoms. The zero-order valence-electron chi connectivity index (χ0n) is 6.49. The van der Waals surface area contributed by atoms with Gasteiger partial charge in [-0.1, -0.05) is 13.8 Å². The van der Waals surface area contributed by atoms with E-state index >= 15 is 0 Å². The van der Waals surface area contributed by atoms with Crippen LogP contribution in [0.3, 0.4) is 0 Å². The second-order valence-corrected chi connectivity index (χ2v) is 5.82. The van der Waals surface area contributed by atoms with Crippen molar-refractivity contribution in [3.05, 3.63) is 0 Å². The lowest BCUT2D eigenvalue weighted by molar-refractivity contribution is 0.0878. The van der Waals surface area contributed by atoms with E-state index in [0.717, 1.165) is 0 Å². The summed E-state index contributed by atoms with van der Waals surface area (Å²) in [4.78, 5) is 0. The number of hydrogen-bond donors (Lipinski definition) is 0. The maximum Gasteiger partial charge on any atom is 0.0561 e. The molecule has 1 nitrogen and oxygen atoms in total. The van der Waals surface area contributed by atoms with Gasteiger partial charge < -0.3 is 4.74 Å². The Morgan fingerprint density at radius 3 is 1.88 bits per heavy atom. The number of ether oxygens (including phenoxy) is 1. The van der Waals surface area contributed by atoms with E-state index in [-0.39, 0.29) is 0 Å². The van der Waals surface area contributed by atoms with Crippen molar-refractivity contribution in [1.82, 2.24) is 0 Å². The standard InChI is InChI=1S/C6H16OSi/c1-5(7-4)6(2,3)8/h5H,1-4,8H3. The van der Waals surface area contributed by atoms with Gasteiger partial charge in [0.2, 0.25) is 0 Å². The smallest absolute Gasteiger partial charge is 0.0561 e. The molecule has 0 rings (SSSR count). The summed E-state index contributed by atoms with van der Waals surface area (Å²) in [6.45, 7) is 6.58. The summed E-state index contributed by atoms with van der Waals surface area (Å²) in [5, 5.41) is 0.425. The fourth-order valence-electron chi connectivity index (χ4n) is 0.354. The lowest BCUT2D eigenvalue weighted by atomic mass is 10.1. The Labute approximate surface area is 54.8 Å². The van der Waals surface area contributed by atoms with E-state index < -0.39 is 0 Å².